The van der Waals surface area contributed by atoms with Crippen LogP contribution in [-0.4, -0.2) is 87.2 Å². The van der Waals surface area contributed by atoms with Crippen LogP contribution in [0.2, 0.25) is 0 Å². The first-order valence-corrected chi connectivity index (χ1v) is 5.93. The topological polar surface area (TPSA) is 91.9 Å². The zero-order valence-electron chi connectivity index (χ0n) is 11.8. The second-order valence-electron chi connectivity index (χ2n) is 4.24. The van der Waals surface area contributed by atoms with Crippen LogP contribution in [0.3, 0.4) is 0 Å². The summed E-state index contributed by atoms with van der Waals surface area (Å²) in [5.74, 6) is 0. The molecular weight excluding hydrogens is 270 g/mol. The lowest BCUT2D eigenvalue weighted by atomic mass is 10.4. The Bertz CT molecular complexity index is 360. The van der Waals surface area contributed by atoms with Crippen molar-refractivity contribution in [2.24, 2.45) is 0 Å². The van der Waals surface area contributed by atoms with Gasteiger partial charge >= 0.3 is 12.1 Å². The molecule has 1 rings (SSSR count). The zero-order valence-corrected chi connectivity index (χ0v) is 11.8. The van der Waals surface area contributed by atoms with Gasteiger partial charge in [-0.1, -0.05) is 0 Å². The number of urea groups is 2. The number of nitrogens with zero attached hydrogens (tertiary/aromatic N) is 3. The summed E-state index contributed by atoms with van der Waals surface area (Å²) in [6, 6.07) is -1.38. The number of hydrogen-bond acceptors (Lipinski definition) is 6. The van der Waals surface area contributed by atoms with Crippen LogP contribution in [0.4, 0.5) is 9.59 Å². The molecule has 5 amide bonds. The van der Waals surface area contributed by atoms with Gasteiger partial charge in [-0.25, -0.2) is 14.5 Å². The Balaban J connectivity index is 2.73. The van der Waals surface area contributed by atoms with E-state index in [4.69, 9.17) is 14.2 Å². The van der Waals surface area contributed by atoms with Crippen molar-refractivity contribution in [2.75, 3.05) is 47.9 Å². The number of ether oxygens (including phenoxy) is 3. The first kappa shape index (κ1) is 16.3. The predicted octanol–water partition coefficient (Wildman–Crippen LogP) is -0.475. The van der Waals surface area contributed by atoms with E-state index in [9.17, 15) is 14.4 Å². The van der Waals surface area contributed by atoms with E-state index >= 15 is 0 Å². The zero-order chi connectivity index (χ0) is 15.1. The number of amides is 5. The fraction of sp³-hybridized carbons (Fsp3) is 0.727. The van der Waals surface area contributed by atoms with Gasteiger partial charge in [0.05, 0.1) is 19.3 Å². The third kappa shape index (κ3) is 4.44. The highest BCUT2D eigenvalue weighted by Gasteiger charge is 2.33. The average Bonchev–Trinajstić information content (AvgIpc) is 3.25. The predicted molar refractivity (Wildman–Crippen MR) is 66.7 cm³/mol. The lowest BCUT2D eigenvalue weighted by Gasteiger charge is -2.28. The van der Waals surface area contributed by atoms with Gasteiger partial charge in [0.15, 0.2) is 0 Å². The average molecular weight is 289 g/mol. The first-order valence-electron chi connectivity index (χ1n) is 5.93. The molecule has 1 heterocycles. The summed E-state index contributed by atoms with van der Waals surface area (Å²) in [5, 5.41) is 0. The van der Waals surface area contributed by atoms with Gasteiger partial charge in [0, 0.05) is 21.3 Å². The van der Waals surface area contributed by atoms with Crippen LogP contribution in [0.1, 0.15) is 0 Å². The summed E-state index contributed by atoms with van der Waals surface area (Å²) in [6.45, 7) is 0.365. The minimum Gasteiger partial charge on any atom is -0.371 e. The van der Waals surface area contributed by atoms with Crippen molar-refractivity contribution < 1.29 is 28.6 Å². The maximum absolute atomic E-state index is 12.2. The second kappa shape index (κ2) is 7.78. The number of epoxide rings is 1. The van der Waals surface area contributed by atoms with E-state index in [1.807, 2.05) is 0 Å². The number of hydrogen-bond donors (Lipinski definition) is 0. The van der Waals surface area contributed by atoms with Crippen LogP contribution in [0, 0.1) is 0 Å². The van der Waals surface area contributed by atoms with Crippen LogP contribution < -0.4 is 0 Å². The minimum absolute atomic E-state index is 0.0130. The molecule has 1 unspecified atom stereocenters. The van der Waals surface area contributed by atoms with Crippen LogP contribution in [0.15, 0.2) is 0 Å². The third-order valence-corrected chi connectivity index (χ3v) is 2.54. The lowest BCUT2D eigenvalue weighted by Crippen LogP contribution is -2.51. The van der Waals surface area contributed by atoms with Crippen LogP contribution in [0.25, 0.3) is 0 Å². The van der Waals surface area contributed by atoms with Crippen molar-refractivity contribution in [3.63, 3.8) is 0 Å². The van der Waals surface area contributed by atoms with Crippen molar-refractivity contribution in [1.29, 1.82) is 0 Å². The van der Waals surface area contributed by atoms with Crippen molar-refractivity contribution in [2.45, 2.75) is 6.10 Å². The Labute approximate surface area is 116 Å². The number of methoxy groups -OCH3 is 2. The molecule has 9 nitrogen and oxygen atoms in total. The fourth-order valence-electron chi connectivity index (χ4n) is 1.49. The maximum atomic E-state index is 12.2. The molecule has 114 valence electrons. The maximum Gasteiger partial charge on any atom is 0.336 e. The summed E-state index contributed by atoms with van der Waals surface area (Å²) < 4.78 is 14.6. The molecule has 0 spiro atoms. The van der Waals surface area contributed by atoms with Gasteiger partial charge in [0.25, 0.3) is 0 Å². The molecule has 1 aliphatic heterocycles. The minimum atomic E-state index is -0.759. The SMILES string of the molecule is COCN(C)C(=O)N(COC)C(=O)N(C=O)CC1CO1. The smallest absolute Gasteiger partial charge is 0.336 e. The Morgan fingerprint density at radius 3 is 2.30 bits per heavy atom. The monoisotopic (exact) mass is 289 g/mol. The molecular formula is C11H19N3O6. The molecule has 0 aliphatic carbocycles. The van der Waals surface area contributed by atoms with Crippen LogP contribution in [-0.2, 0) is 19.0 Å². The molecule has 1 saturated heterocycles. The quantitative estimate of drug-likeness (QED) is 0.357. The molecule has 9 heteroatoms. The lowest BCUT2D eigenvalue weighted by molar-refractivity contribution is -0.116. The number of imide groups is 2. The van der Waals surface area contributed by atoms with Gasteiger partial charge < -0.3 is 19.1 Å². The normalized spacial score (nSPS) is 16.4. The summed E-state index contributed by atoms with van der Waals surface area (Å²) in [7, 11) is 4.24. The Kier molecular flexibility index (Phi) is 6.36. The number of rotatable bonds is 7. The first-order chi connectivity index (χ1) is 9.54. The standard InChI is InChI=1S/C11H19N3O6/c1-12(7-18-2)10(16)14(8-19-3)11(17)13(6-15)4-9-5-20-9/h6,9H,4-5,7-8H2,1-3H3. The molecule has 0 aromatic rings. The van der Waals surface area contributed by atoms with E-state index in [0.717, 1.165) is 9.80 Å². The molecule has 1 aliphatic rings. The highest BCUT2D eigenvalue weighted by molar-refractivity contribution is 5.97. The van der Waals surface area contributed by atoms with Gasteiger partial charge in [0.2, 0.25) is 6.41 Å². The Morgan fingerprint density at radius 2 is 1.85 bits per heavy atom. The molecule has 0 N–H and O–H groups in total. The second-order valence-corrected chi connectivity index (χ2v) is 4.24. The molecule has 1 fully saturated rings. The Hall–Kier alpha value is -1.71. The molecule has 0 radical (unpaired) electrons. The molecule has 0 aromatic heterocycles. The van der Waals surface area contributed by atoms with Crippen molar-refractivity contribution in [3.8, 4) is 0 Å². The van der Waals surface area contributed by atoms with Gasteiger partial charge in [0.1, 0.15) is 13.5 Å². The summed E-state index contributed by atoms with van der Waals surface area (Å²) in [6.07, 6.45) is 0.219. The van der Waals surface area contributed by atoms with Gasteiger partial charge in [-0.15, -0.1) is 0 Å². The summed E-state index contributed by atoms with van der Waals surface area (Å²) in [5.41, 5.74) is 0. The van der Waals surface area contributed by atoms with Crippen molar-refractivity contribution in [1.82, 2.24) is 14.7 Å². The number of carbonyl (C=O) groups is 3. The van der Waals surface area contributed by atoms with E-state index in [0.29, 0.717) is 13.0 Å². The molecule has 1 atom stereocenters. The number of carbonyl (C=O) groups excluding carboxylic acids is 3. The van der Waals surface area contributed by atoms with E-state index < -0.39 is 12.1 Å². The van der Waals surface area contributed by atoms with Crippen LogP contribution >= 0.6 is 0 Å². The van der Waals surface area contributed by atoms with Crippen LogP contribution in [0.5, 0.6) is 0 Å². The van der Waals surface area contributed by atoms with Gasteiger partial charge in [-0.05, 0) is 0 Å². The highest BCUT2D eigenvalue weighted by Crippen LogP contribution is 2.12. The van der Waals surface area contributed by atoms with E-state index in [1.54, 1.807) is 0 Å². The summed E-state index contributed by atoms with van der Waals surface area (Å²) in [4.78, 5) is 38.1. The van der Waals surface area contributed by atoms with Crippen molar-refractivity contribution >= 4 is 18.5 Å². The third-order valence-electron chi connectivity index (χ3n) is 2.54. The fourth-order valence-corrected chi connectivity index (χ4v) is 1.49. The summed E-state index contributed by atoms with van der Waals surface area (Å²) >= 11 is 0. The molecule has 0 aromatic carbocycles. The van der Waals surface area contributed by atoms with E-state index in [2.05, 4.69) is 0 Å². The van der Waals surface area contributed by atoms with Gasteiger partial charge in [-0.3, -0.25) is 9.69 Å². The largest absolute Gasteiger partial charge is 0.371 e. The van der Waals surface area contributed by atoms with Gasteiger partial charge in [-0.2, -0.15) is 0 Å². The van der Waals surface area contributed by atoms with E-state index in [1.165, 1.54) is 26.2 Å². The Morgan fingerprint density at radius 1 is 1.25 bits per heavy atom. The highest BCUT2D eigenvalue weighted by atomic mass is 16.6. The molecule has 20 heavy (non-hydrogen) atoms. The van der Waals surface area contributed by atoms with Crippen molar-refractivity contribution in [3.05, 3.63) is 0 Å². The van der Waals surface area contributed by atoms with E-state index in [-0.39, 0.29) is 26.1 Å². The molecule has 0 bridgehead atoms. The molecule has 0 saturated carbocycles.